The van der Waals surface area contributed by atoms with E-state index in [-0.39, 0.29) is 19.6 Å². The first kappa shape index (κ1) is 62.3. The van der Waals surface area contributed by atoms with Crippen molar-refractivity contribution in [2.24, 2.45) is 0 Å². The van der Waals surface area contributed by atoms with Crippen molar-refractivity contribution in [2.45, 2.75) is 223 Å². The molecule has 0 radical (unpaired) electrons. The molecule has 2 rings (SSSR count). The van der Waals surface area contributed by atoms with E-state index in [9.17, 15) is 40.5 Å². The highest BCUT2D eigenvalue weighted by molar-refractivity contribution is 5.69. The molecule has 14 heteroatoms. The second-order valence-electron chi connectivity index (χ2n) is 18.0. The highest BCUT2D eigenvalue weighted by Crippen LogP contribution is 2.26. The first-order chi connectivity index (χ1) is 33.6. The standard InChI is InChI=1S/C55H92O14/c1-3-5-7-9-11-13-15-17-18-19-20-21-22-23-24-25-27-29-31-33-35-37-39-64-41-44(67-47(57)38-36-34-32-30-28-26-16-14-12-10-8-6-4-2)42-65-54-53(63)51(61)49(59)46(69-54)43-66-55-52(62)50(60)48(58)45(40-56)68-55/h5,7,11,13-14,16-18,20-21,23-24,27,29,44-46,48-56,58-63H,3-4,6,8-10,12,15,19,22,25-26,28,30-43H2,1-2H3/b7-5-,13-11-,16-14-,18-17-,21-20-,24-23-,29-27-. The minimum absolute atomic E-state index is 0.0304. The molecular formula is C55H92O14. The molecule has 0 bridgehead atoms. The van der Waals surface area contributed by atoms with Crippen LogP contribution >= 0.6 is 0 Å². The minimum Gasteiger partial charge on any atom is -0.457 e. The lowest BCUT2D eigenvalue weighted by Gasteiger charge is -2.42. The second-order valence-corrected chi connectivity index (χ2v) is 18.0. The van der Waals surface area contributed by atoms with Gasteiger partial charge in [0.05, 0.1) is 26.4 Å². The average Bonchev–Trinajstić information content (AvgIpc) is 3.35. The maximum Gasteiger partial charge on any atom is 0.306 e. The molecule has 0 aromatic carbocycles. The first-order valence-electron chi connectivity index (χ1n) is 26.2. The van der Waals surface area contributed by atoms with Crippen LogP contribution in [-0.2, 0) is 33.2 Å². The number of hydrogen-bond donors (Lipinski definition) is 7. The van der Waals surface area contributed by atoms with Crippen LogP contribution in [0.1, 0.15) is 155 Å². The Kier molecular flexibility index (Phi) is 37.7. The number of esters is 1. The van der Waals surface area contributed by atoms with E-state index >= 15 is 0 Å². The normalized spacial score (nSPS) is 26.4. The molecule has 69 heavy (non-hydrogen) atoms. The van der Waals surface area contributed by atoms with Crippen molar-refractivity contribution in [1.29, 1.82) is 0 Å². The van der Waals surface area contributed by atoms with E-state index in [1.165, 1.54) is 25.7 Å². The van der Waals surface area contributed by atoms with Crippen LogP contribution < -0.4 is 0 Å². The monoisotopic (exact) mass is 977 g/mol. The number of ether oxygens (including phenoxy) is 6. The Morgan fingerprint density at radius 3 is 1.49 bits per heavy atom. The van der Waals surface area contributed by atoms with Gasteiger partial charge in [-0.3, -0.25) is 4.79 Å². The third-order valence-corrected chi connectivity index (χ3v) is 11.9. The van der Waals surface area contributed by atoms with Crippen molar-refractivity contribution in [1.82, 2.24) is 0 Å². The third kappa shape index (κ3) is 29.3. The zero-order chi connectivity index (χ0) is 50.2. The molecule has 0 aromatic heterocycles. The van der Waals surface area contributed by atoms with Crippen molar-refractivity contribution in [3.05, 3.63) is 85.1 Å². The molecule has 0 amide bonds. The molecule has 2 fully saturated rings. The van der Waals surface area contributed by atoms with Crippen LogP contribution in [0, 0.1) is 0 Å². The topological polar surface area (TPSA) is 214 Å². The fourth-order valence-electron chi connectivity index (χ4n) is 7.63. The maximum absolute atomic E-state index is 13.0. The van der Waals surface area contributed by atoms with Gasteiger partial charge in [-0.25, -0.2) is 0 Å². The van der Waals surface area contributed by atoms with Crippen LogP contribution in [0.5, 0.6) is 0 Å². The maximum atomic E-state index is 13.0. The summed E-state index contributed by atoms with van der Waals surface area (Å²) in [5.41, 5.74) is 0. The molecule has 2 aliphatic rings. The number of carbonyl (C=O) groups is 1. The Morgan fingerprint density at radius 1 is 0.493 bits per heavy atom. The highest BCUT2D eigenvalue weighted by atomic mass is 16.7. The third-order valence-electron chi connectivity index (χ3n) is 11.9. The lowest BCUT2D eigenvalue weighted by atomic mass is 9.98. The largest absolute Gasteiger partial charge is 0.457 e. The minimum atomic E-state index is -1.72. The Bertz CT molecular complexity index is 1460. The van der Waals surface area contributed by atoms with E-state index < -0.39 is 86.7 Å². The Morgan fingerprint density at radius 2 is 0.942 bits per heavy atom. The molecule has 0 saturated carbocycles. The molecule has 0 spiro atoms. The van der Waals surface area contributed by atoms with Gasteiger partial charge in [0, 0.05) is 13.0 Å². The van der Waals surface area contributed by atoms with E-state index in [2.05, 4.69) is 98.9 Å². The van der Waals surface area contributed by atoms with Gasteiger partial charge in [-0.05, 0) is 89.9 Å². The van der Waals surface area contributed by atoms with E-state index in [0.29, 0.717) is 13.0 Å². The summed E-state index contributed by atoms with van der Waals surface area (Å²) < 4.78 is 34.2. The van der Waals surface area contributed by atoms with Crippen molar-refractivity contribution in [2.75, 3.05) is 33.0 Å². The van der Waals surface area contributed by atoms with Gasteiger partial charge in [-0.1, -0.05) is 144 Å². The fourth-order valence-corrected chi connectivity index (χ4v) is 7.63. The van der Waals surface area contributed by atoms with E-state index in [1.807, 2.05) is 0 Å². The number of aliphatic hydroxyl groups excluding tert-OH is 7. The quantitative estimate of drug-likeness (QED) is 0.0176. The Labute approximate surface area is 414 Å². The molecule has 396 valence electrons. The van der Waals surface area contributed by atoms with Gasteiger partial charge in [0.25, 0.3) is 0 Å². The molecule has 0 aliphatic carbocycles. The first-order valence-corrected chi connectivity index (χ1v) is 26.2. The summed E-state index contributed by atoms with van der Waals surface area (Å²) >= 11 is 0. The van der Waals surface area contributed by atoms with Gasteiger partial charge in [0.2, 0.25) is 0 Å². The molecule has 11 unspecified atom stereocenters. The van der Waals surface area contributed by atoms with Crippen molar-refractivity contribution < 1.29 is 69.0 Å². The summed E-state index contributed by atoms with van der Waals surface area (Å²) in [5.74, 6) is -0.402. The van der Waals surface area contributed by atoms with Crippen LogP contribution in [0.25, 0.3) is 0 Å². The molecule has 11 atom stereocenters. The molecule has 2 heterocycles. The van der Waals surface area contributed by atoms with E-state index in [0.717, 1.165) is 103 Å². The second kappa shape index (κ2) is 41.8. The van der Waals surface area contributed by atoms with Gasteiger partial charge >= 0.3 is 5.97 Å². The molecule has 7 N–H and O–H groups in total. The Hall–Kier alpha value is -2.83. The van der Waals surface area contributed by atoms with Crippen molar-refractivity contribution >= 4 is 5.97 Å². The highest BCUT2D eigenvalue weighted by Gasteiger charge is 2.47. The number of hydrogen-bond acceptors (Lipinski definition) is 14. The van der Waals surface area contributed by atoms with Crippen molar-refractivity contribution in [3.8, 4) is 0 Å². The van der Waals surface area contributed by atoms with E-state index in [4.69, 9.17) is 28.4 Å². The van der Waals surface area contributed by atoms with Gasteiger partial charge < -0.3 is 64.2 Å². The fraction of sp³-hybridized carbons (Fsp3) is 0.727. The molecule has 2 aliphatic heterocycles. The zero-order valence-corrected chi connectivity index (χ0v) is 42.0. The summed E-state index contributed by atoms with van der Waals surface area (Å²) in [6.07, 6.45) is 36.5. The van der Waals surface area contributed by atoms with Gasteiger partial charge in [-0.15, -0.1) is 0 Å². The van der Waals surface area contributed by atoms with Crippen LogP contribution in [-0.4, -0.2) is 142 Å². The number of unbranched alkanes of at least 4 members (excludes halogenated alkanes) is 12. The summed E-state index contributed by atoms with van der Waals surface area (Å²) in [7, 11) is 0. The summed E-state index contributed by atoms with van der Waals surface area (Å²) in [5, 5.41) is 72.1. The van der Waals surface area contributed by atoms with Gasteiger partial charge in [0.1, 0.15) is 54.9 Å². The predicted octanol–water partition coefficient (Wildman–Crippen LogP) is 8.07. The number of aliphatic hydroxyl groups is 7. The molecule has 2 saturated heterocycles. The lowest BCUT2D eigenvalue weighted by Crippen LogP contribution is -2.61. The van der Waals surface area contributed by atoms with Gasteiger partial charge in [0.15, 0.2) is 12.6 Å². The smallest absolute Gasteiger partial charge is 0.306 e. The zero-order valence-electron chi connectivity index (χ0n) is 42.0. The van der Waals surface area contributed by atoms with Crippen LogP contribution in [0.15, 0.2) is 85.1 Å². The van der Waals surface area contributed by atoms with Crippen LogP contribution in [0.3, 0.4) is 0 Å². The molecular weight excluding hydrogens is 885 g/mol. The van der Waals surface area contributed by atoms with Crippen molar-refractivity contribution in [3.63, 3.8) is 0 Å². The summed E-state index contributed by atoms with van der Waals surface area (Å²) in [6, 6.07) is 0. The molecule has 0 aromatic rings. The predicted molar refractivity (Wildman–Crippen MR) is 270 cm³/mol. The number of rotatable bonds is 40. The average molecular weight is 977 g/mol. The SMILES string of the molecule is CC/C=C\C/C=C\C/C=C\C/C=C\C/C=C\C/C=C\CCCCCOCC(COC1OC(COC2OC(CO)C(O)C(O)C2O)C(O)C(O)C1O)OC(=O)CCCCCCC/C=C\CCCCCC. The van der Waals surface area contributed by atoms with Crippen LogP contribution in [0.4, 0.5) is 0 Å². The van der Waals surface area contributed by atoms with Gasteiger partial charge in [-0.2, -0.15) is 0 Å². The Balaban J connectivity index is 1.77. The number of carbonyl (C=O) groups excluding carboxylic acids is 1. The van der Waals surface area contributed by atoms with E-state index in [1.54, 1.807) is 0 Å². The summed E-state index contributed by atoms with van der Waals surface area (Å²) in [6.45, 7) is 3.43. The molecule has 14 nitrogen and oxygen atoms in total. The van der Waals surface area contributed by atoms with Crippen LogP contribution in [0.2, 0.25) is 0 Å². The lowest BCUT2D eigenvalue weighted by molar-refractivity contribution is -0.332. The number of allylic oxidation sites excluding steroid dienone is 14. The summed E-state index contributed by atoms with van der Waals surface area (Å²) in [4.78, 5) is 13.0.